The number of thiol groups is 1. The lowest BCUT2D eigenvalue weighted by Gasteiger charge is -2.27. The standard InChI is InChI=1S/C5H9F2NS/c6-5(7)1-2-8-3-4(5)9/h4,8-9H,1-3H2/t4-/m0/s1. The van der Waals surface area contributed by atoms with Crippen LogP contribution in [0.15, 0.2) is 0 Å². The fourth-order valence-electron chi connectivity index (χ4n) is 0.810. The van der Waals surface area contributed by atoms with Crippen LogP contribution in [-0.4, -0.2) is 24.3 Å². The van der Waals surface area contributed by atoms with Crippen LogP contribution < -0.4 is 5.32 Å². The highest BCUT2D eigenvalue weighted by atomic mass is 32.1. The summed E-state index contributed by atoms with van der Waals surface area (Å²) < 4.78 is 25.0. The second-order valence-corrected chi connectivity index (χ2v) is 2.85. The van der Waals surface area contributed by atoms with Gasteiger partial charge in [-0.15, -0.1) is 0 Å². The summed E-state index contributed by atoms with van der Waals surface area (Å²) in [6, 6.07) is 0. The van der Waals surface area contributed by atoms with Gasteiger partial charge in [-0.25, -0.2) is 8.78 Å². The fourth-order valence-corrected chi connectivity index (χ4v) is 1.07. The molecule has 0 aliphatic carbocycles. The van der Waals surface area contributed by atoms with Crippen LogP contribution >= 0.6 is 12.6 Å². The molecule has 0 amide bonds. The molecule has 1 aliphatic heterocycles. The fraction of sp³-hybridized carbons (Fsp3) is 1.00. The average molecular weight is 153 g/mol. The van der Waals surface area contributed by atoms with Crippen molar-refractivity contribution >= 4 is 12.6 Å². The molecule has 0 aromatic carbocycles. The Morgan fingerprint density at radius 2 is 2.22 bits per heavy atom. The third-order valence-corrected chi connectivity index (χ3v) is 2.02. The van der Waals surface area contributed by atoms with Crippen LogP contribution in [0.1, 0.15) is 6.42 Å². The van der Waals surface area contributed by atoms with E-state index in [1.165, 1.54) is 0 Å². The van der Waals surface area contributed by atoms with Crippen molar-refractivity contribution in [2.75, 3.05) is 13.1 Å². The second-order valence-electron chi connectivity index (χ2n) is 2.23. The van der Waals surface area contributed by atoms with E-state index in [0.29, 0.717) is 13.1 Å². The lowest BCUT2D eigenvalue weighted by molar-refractivity contribution is -0.0202. The van der Waals surface area contributed by atoms with Crippen LogP contribution in [0.5, 0.6) is 0 Å². The number of piperidine rings is 1. The summed E-state index contributed by atoms with van der Waals surface area (Å²) in [6.07, 6.45) is -0.0822. The molecule has 0 aromatic rings. The van der Waals surface area contributed by atoms with E-state index >= 15 is 0 Å². The Kier molecular flexibility index (Phi) is 1.96. The van der Waals surface area contributed by atoms with Crippen LogP contribution in [-0.2, 0) is 0 Å². The van der Waals surface area contributed by atoms with Crippen molar-refractivity contribution in [2.24, 2.45) is 0 Å². The number of nitrogens with one attached hydrogen (secondary N) is 1. The summed E-state index contributed by atoms with van der Waals surface area (Å²) in [5, 5.41) is 2.03. The van der Waals surface area contributed by atoms with Gasteiger partial charge in [0, 0.05) is 19.5 Å². The summed E-state index contributed by atoms with van der Waals surface area (Å²) >= 11 is 3.73. The van der Waals surface area contributed by atoms with Crippen LogP contribution in [0, 0.1) is 0 Å². The van der Waals surface area contributed by atoms with E-state index < -0.39 is 11.2 Å². The maximum atomic E-state index is 12.5. The normalized spacial score (nSPS) is 34.3. The highest BCUT2D eigenvalue weighted by Crippen LogP contribution is 2.28. The Labute approximate surface area is 58.2 Å². The van der Waals surface area contributed by atoms with Crippen LogP contribution in [0.25, 0.3) is 0 Å². The van der Waals surface area contributed by atoms with Crippen molar-refractivity contribution in [3.05, 3.63) is 0 Å². The van der Waals surface area contributed by atoms with Crippen LogP contribution in [0.4, 0.5) is 8.78 Å². The lowest BCUT2D eigenvalue weighted by atomic mass is 10.1. The van der Waals surface area contributed by atoms with Gasteiger partial charge in [0.2, 0.25) is 0 Å². The number of alkyl halides is 2. The molecule has 0 bridgehead atoms. The second kappa shape index (κ2) is 2.42. The minimum atomic E-state index is -2.56. The number of hydrogen-bond donors (Lipinski definition) is 2. The summed E-state index contributed by atoms with van der Waals surface area (Å²) in [5.74, 6) is -2.56. The SMILES string of the molecule is FC1(F)CCNC[C@@H]1S. The van der Waals surface area contributed by atoms with Gasteiger partial charge in [0.25, 0.3) is 5.92 Å². The van der Waals surface area contributed by atoms with E-state index in [1.807, 2.05) is 0 Å². The molecule has 0 radical (unpaired) electrons. The van der Waals surface area contributed by atoms with E-state index in [4.69, 9.17) is 0 Å². The van der Waals surface area contributed by atoms with Gasteiger partial charge in [-0.3, -0.25) is 0 Å². The molecule has 54 valence electrons. The molecule has 0 unspecified atom stereocenters. The third-order valence-electron chi connectivity index (χ3n) is 1.46. The molecule has 0 spiro atoms. The molecular weight excluding hydrogens is 144 g/mol. The molecule has 0 saturated carbocycles. The average Bonchev–Trinajstić information content (AvgIpc) is 1.77. The first kappa shape index (κ1) is 7.28. The van der Waals surface area contributed by atoms with Crippen molar-refractivity contribution in [3.8, 4) is 0 Å². The van der Waals surface area contributed by atoms with E-state index in [0.717, 1.165) is 0 Å². The largest absolute Gasteiger partial charge is 0.315 e. The van der Waals surface area contributed by atoms with Gasteiger partial charge in [0.1, 0.15) is 0 Å². The van der Waals surface area contributed by atoms with Gasteiger partial charge < -0.3 is 5.32 Å². The Morgan fingerprint density at radius 3 is 2.56 bits per heavy atom. The van der Waals surface area contributed by atoms with Crippen molar-refractivity contribution in [1.82, 2.24) is 5.32 Å². The summed E-state index contributed by atoms with van der Waals surface area (Å²) in [5.41, 5.74) is 0. The molecule has 4 heteroatoms. The quantitative estimate of drug-likeness (QED) is 0.493. The maximum Gasteiger partial charge on any atom is 0.261 e. The minimum absolute atomic E-state index is 0.0822. The molecule has 1 saturated heterocycles. The van der Waals surface area contributed by atoms with Crippen molar-refractivity contribution in [3.63, 3.8) is 0 Å². The summed E-state index contributed by atoms with van der Waals surface area (Å²) in [7, 11) is 0. The molecule has 1 atom stereocenters. The Morgan fingerprint density at radius 1 is 1.56 bits per heavy atom. The maximum absolute atomic E-state index is 12.5. The molecule has 1 N–H and O–H groups in total. The number of hydrogen-bond acceptors (Lipinski definition) is 2. The molecule has 1 aliphatic rings. The first-order valence-electron chi connectivity index (χ1n) is 2.89. The van der Waals surface area contributed by atoms with E-state index in [1.54, 1.807) is 0 Å². The van der Waals surface area contributed by atoms with Gasteiger partial charge in [-0.2, -0.15) is 12.6 Å². The smallest absolute Gasteiger partial charge is 0.261 e. The topological polar surface area (TPSA) is 12.0 Å². The minimum Gasteiger partial charge on any atom is -0.315 e. The zero-order chi connectivity index (χ0) is 6.91. The van der Waals surface area contributed by atoms with E-state index in [2.05, 4.69) is 17.9 Å². The third kappa shape index (κ3) is 1.55. The lowest BCUT2D eigenvalue weighted by Crippen LogP contribution is -2.45. The Hall–Kier alpha value is 0.170. The summed E-state index contributed by atoms with van der Waals surface area (Å²) in [6.45, 7) is 0.722. The highest BCUT2D eigenvalue weighted by molar-refractivity contribution is 7.81. The molecule has 1 rings (SSSR count). The molecule has 1 nitrogen and oxygen atoms in total. The zero-order valence-corrected chi connectivity index (χ0v) is 5.80. The monoisotopic (exact) mass is 153 g/mol. The zero-order valence-electron chi connectivity index (χ0n) is 4.90. The summed E-state index contributed by atoms with van der Waals surface area (Å²) in [4.78, 5) is 0. The van der Waals surface area contributed by atoms with Crippen molar-refractivity contribution in [2.45, 2.75) is 17.6 Å². The molecule has 1 fully saturated rings. The Bertz CT molecular complexity index is 107. The van der Waals surface area contributed by atoms with Crippen molar-refractivity contribution in [1.29, 1.82) is 0 Å². The Balaban J connectivity index is 2.49. The predicted octanol–water partition coefficient (Wildman–Crippen LogP) is 0.913. The van der Waals surface area contributed by atoms with Crippen LogP contribution in [0.2, 0.25) is 0 Å². The predicted molar refractivity (Wildman–Crippen MR) is 35.2 cm³/mol. The number of halogens is 2. The first-order valence-corrected chi connectivity index (χ1v) is 3.41. The highest BCUT2D eigenvalue weighted by Gasteiger charge is 2.38. The van der Waals surface area contributed by atoms with Gasteiger partial charge in [0.15, 0.2) is 0 Å². The van der Waals surface area contributed by atoms with E-state index in [9.17, 15) is 8.78 Å². The van der Waals surface area contributed by atoms with Crippen LogP contribution in [0.3, 0.4) is 0 Å². The molecular formula is C5H9F2NS. The van der Waals surface area contributed by atoms with Crippen molar-refractivity contribution < 1.29 is 8.78 Å². The first-order chi connectivity index (χ1) is 4.13. The van der Waals surface area contributed by atoms with E-state index in [-0.39, 0.29) is 6.42 Å². The molecule has 1 heterocycles. The number of rotatable bonds is 0. The van der Waals surface area contributed by atoms with Gasteiger partial charge in [-0.05, 0) is 0 Å². The van der Waals surface area contributed by atoms with Gasteiger partial charge in [-0.1, -0.05) is 0 Å². The van der Waals surface area contributed by atoms with Gasteiger partial charge in [0.05, 0.1) is 5.25 Å². The van der Waals surface area contributed by atoms with Gasteiger partial charge >= 0.3 is 0 Å². The molecule has 9 heavy (non-hydrogen) atoms. The molecule has 0 aromatic heterocycles.